The number of carbonyl (C=O) groups excluding carboxylic acids is 1. The van der Waals surface area contributed by atoms with Crippen molar-refractivity contribution in [2.45, 2.75) is 19.5 Å². The van der Waals surface area contributed by atoms with Gasteiger partial charge in [-0.2, -0.15) is 5.10 Å². The molecule has 5 rings (SSSR count). The number of rotatable bonds is 3. The normalized spacial score (nSPS) is 13.4. The molecule has 0 saturated heterocycles. The minimum atomic E-state index is -0.275. The lowest BCUT2D eigenvalue weighted by molar-refractivity contribution is -0.133. The number of amides is 1. The average Bonchev–Trinajstić information content (AvgIpc) is 3.14. The molecule has 1 amide bonds. The molecule has 4 aromatic rings. The molecule has 1 N–H and O–H groups in total. The van der Waals surface area contributed by atoms with Gasteiger partial charge in [0.2, 0.25) is 5.91 Å². The van der Waals surface area contributed by atoms with Crippen LogP contribution in [-0.4, -0.2) is 32.1 Å². The maximum absolute atomic E-state index is 13.0. The van der Waals surface area contributed by atoms with E-state index in [4.69, 9.17) is 0 Å². The summed E-state index contributed by atoms with van der Waals surface area (Å²) in [4.78, 5) is 30.5. The van der Waals surface area contributed by atoms with Gasteiger partial charge in [-0.05, 0) is 12.1 Å². The molecule has 0 fully saturated rings. The number of para-hydroxylation sites is 1. The summed E-state index contributed by atoms with van der Waals surface area (Å²) in [6.07, 6.45) is 0.780. The fourth-order valence-electron chi connectivity index (χ4n) is 3.93. The van der Waals surface area contributed by atoms with Crippen LogP contribution in [0.5, 0.6) is 0 Å². The van der Waals surface area contributed by atoms with Crippen molar-refractivity contribution in [3.05, 3.63) is 88.3 Å². The molecule has 0 bridgehead atoms. The van der Waals surface area contributed by atoms with Crippen molar-refractivity contribution in [2.24, 2.45) is 0 Å². The molecule has 1 aliphatic rings. The van der Waals surface area contributed by atoms with Crippen LogP contribution in [-0.2, 0) is 24.3 Å². The van der Waals surface area contributed by atoms with E-state index in [9.17, 15) is 9.59 Å². The first-order valence-electron chi connectivity index (χ1n) is 9.69. The summed E-state index contributed by atoms with van der Waals surface area (Å²) in [5, 5.41) is 5.57. The number of fused-ring (bicyclic) bond motifs is 3. The highest BCUT2D eigenvalue weighted by molar-refractivity contribution is 5.86. The molecule has 6 nitrogen and oxygen atoms in total. The quantitative estimate of drug-likeness (QED) is 0.590. The van der Waals surface area contributed by atoms with Gasteiger partial charge in [-0.25, -0.2) is 4.68 Å². The molecule has 2 aromatic heterocycles. The van der Waals surface area contributed by atoms with Crippen molar-refractivity contribution in [3.8, 4) is 11.3 Å². The average molecular weight is 384 g/mol. The van der Waals surface area contributed by atoms with Crippen LogP contribution >= 0.6 is 0 Å². The Kier molecular flexibility index (Phi) is 4.24. The summed E-state index contributed by atoms with van der Waals surface area (Å²) < 4.78 is 1.26. The van der Waals surface area contributed by atoms with Crippen molar-refractivity contribution in [1.82, 2.24) is 19.7 Å². The molecular formula is C23H20N4O2. The summed E-state index contributed by atoms with van der Waals surface area (Å²) in [6.45, 7) is 1.12. The number of nitrogens with zero attached hydrogens (tertiary/aromatic N) is 3. The van der Waals surface area contributed by atoms with E-state index in [1.165, 1.54) is 22.0 Å². The Balaban J connectivity index is 1.39. The standard InChI is InChI=1S/C23H20N4O2/c28-22-11-10-19(16-6-2-1-3-7-16)25-27(22)15-23(29)26-13-12-21-18(14-26)17-8-4-5-9-20(17)24-21/h1-11,24H,12-15H2. The summed E-state index contributed by atoms with van der Waals surface area (Å²) in [5.74, 6) is -0.0965. The number of benzene rings is 2. The second-order valence-corrected chi connectivity index (χ2v) is 7.27. The van der Waals surface area contributed by atoms with E-state index >= 15 is 0 Å². The van der Waals surface area contributed by atoms with Gasteiger partial charge in [0.25, 0.3) is 5.56 Å². The third-order valence-electron chi connectivity index (χ3n) is 5.46. The molecule has 0 atom stereocenters. The molecule has 0 spiro atoms. The van der Waals surface area contributed by atoms with E-state index in [-0.39, 0.29) is 18.0 Å². The first kappa shape index (κ1) is 17.4. The van der Waals surface area contributed by atoms with Gasteiger partial charge in [0.1, 0.15) is 6.54 Å². The summed E-state index contributed by atoms with van der Waals surface area (Å²) in [7, 11) is 0. The summed E-state index contributed by atoms with van der Waals surface area (Å²) in [5.41, 5.74) is 4.77. The highest BCUT2D eigenvalue weighted by Crippen LogP contribution is 2.27. The minimum Gasteiger partial charge on any atom is -0.358 e. The van der Waals surface area contributed by atoms with Gasteiger partial charge in [0.15, 0.2) is 0 Å². The summed E-state index contributed by atoms with van der Waals surface area (Å²) in [6, 6.07) is 20.9. The molecule has 0 aliphatic carbocycles. The number of hydrogen-bond donors (Lipinski definition) is 1. The lowest BCUT2D eigenvalue weighted by Crippen LogP contribution is -2.40. The zero-order valence-corrected chi connectivity index (χ0v) is 15.8. The molecule has 1 aliphatic heterocycles. The number of aromatic amines is 1. The molecule has 3 heterocycles. The van der Waals surface area contributed by atoms with E-state index in [0.29, 0.717) is 18.8 Å². The van der Waals surface area contributed by atoms with Crippen molar-refractivity contribution in [3.63, 3.8) is 0 Å². The van der Waals surface area contributed by atoms with E-state index < -0.39 is 0 Å². The van der Waals surface area contributed by atoms with E-state index in [1.54, 1.807) is 6.07 Å². The van der Waals surface area contributed by atoms with E-state index in [0.717, 1.165) is 22.9 Å². The lowest BCUT2D eigenvalue weighted by Gasteiger charge is -2.27. The number of carbonyl (C=O) groups is 1. The number of nitrogens with one attached hydrogen (secondary N) is 1. The highest BCUT2D eigenvalue weighted by Gasteiger charge is 2.24. The predicted octanol–water partition coefficient (Wildman–Crippen LogP) is 2.98. The molecule has 6 heteroatoms. The maximum atomic E-state index is 13.0. The Morgan fingerprint density at radius 2 is 1.79 bits per heavy atom. The number of aromatic nitrogens is 3. The van der Waals surface area contributed by atoms with E-state index in [1.807, 2.05) is 47.4 Å². The first-order valence-corrected chi connectivity index (χ1v) is 9.69. The molecular weight excluding hydrogens is 364 g/mol. The summed E-state index contributed by atoms with van der Waals surface area (Å²) >= 11 is 0. The fraction of sp³-hybridized carbons (Fsp3) is 0.174. The Hall–Kier alpha value is -3.67. The second-order valence-electron chi connectivity index (χ2n) is 7.27. The molecule has 0 radical (unpaired) electrons. The van der Waals surface area contributed by atoms with Crippen molar-refractivity contribution in [1.29, 1.82) is 0 Å². The Morgan fingerprint density at radius 1 is 1.00 bits per heavy atom. The highest BCUT2D eigenvalue weighted by atomic mass is 16.2. The van der Waals surface area contributed by atoms with Gasteiger partial charge in [-0.15, -0.1) is 0 Å². The molecule has 144 valence electrons. The monoisotopic (exact) mass is 384 g/mol. The topological polar surface area (TPSA) is 71.0 Å². The number of hydrogen-bond acceptors (Lipinski definition) is 3. The number of H-pyrrole nitrogens is 1. The van der Waals surface area contributed by atoms with Crippen LogP contribution in [0.4, 0.5) is 0 Å². The largest absolute Gasteiger partial charge is 0.358 e. The third-order valence-corrected chi connectivity index (χ3v) is 5.46. The van der Waals surface area contributed by atoms with Gasteiger partial charge in [-0.1, -0.05) is 48.5 Å². The minimum absolute atomic E-state index is 0.0583. The fourth-order valence-corrected chi connectivity index (χ4v) is 3.93. The van der Waals surface area contributed by atoms with Crippen molar-refractivity contribution in [2.75, 3.05) is 6.54 Å². The van der Waals surface area contributed by atoms with Crippen LogP contribution in [0.3, 0.4) is 0 Å². The van der Waals surface area contributed by atoms with Gasteiger partial charge >= 0.3 is 0 Å². The van der Waals surface area contributed by atoms with Crippen LogP contribution in [0.1, 0.15) is 11.3 Å². The maximum Gasteiger partial charge on any atom is 0.267 e. The van der Waals surface area contributed by atoms with E-state index in [2.05, 4.69) is 22.2 Å². The van der Waals surface area contributed by atoms with Crippen LogP contribution < -0.4 is 5.56 Å². The van der Waals surface area contributed by atoms with Crippen LogP contribution in [0.2, 0.25) is 0 Å². The molecule has 29 heavy (non-hydrogen) atoms. The van der Waals surface area contributed by atoms with Crippen molar-refractivity contribution < 1.29 is 4.79 Å². The molecule has 2 aromatic carbocycles. The lowest BCUT2D eigenvalue weighted by atomic mass is 10.0. The Labute approximate surface area is 167 Å². The SMILES string of the molecule is O=C(Cn1nc(-c2ccccc2)ccc1=O)N1CCc2[nH]c3ccccc3c2C1. The third kappa shape index (κ3) is 3.23. The zero-order chi connectivity index (χ0) is 19.8. The Bertz CT molecular complexity index is 1260. The van der Waals surface area contributed by atoms with Crippen LogP contribution in [0, 0.1) is 0 Å². The molecule has 0 saturated carbocycles. The predicted molar refractivity (Wildman–Crippen MR) is 111 cm³/mol. The van der Waals surface area contributed by atoms with Gasteiger partial charge < -0.3 is 9.88 Å². The van der Waals surface area contributed by atoms with Gasteiger partial charge in [0, 0.05) is 53.3 Å². The Morgan fingerprint density at radius 3 is 2.66 bits per heavy atom. The van der Waals surface area contributed by atoms with Crippen molar-refractivity contribution >= 4 is 16.8 Å². The zero-order valence-electron chi connectivity index (χ0n) is 15.8. The second kappa shape index (κ2) is 7.05. The van der Waals surface area contributed by atoms with Gasteiger partial charge in [-0.3, -0.25) is 9.59 Å². The van der Waals surface area contributed by atoms with Crippen LogP contribution in [0.25, 0.3) is 22.2 Å². The first-order chi connectivity index (χ1) is 14.2. The molecule has 0 unspecified atom stereocenters. The smallest absolute Gasteiger partial charge is 0.267 e. The van der Waals surface area contributed by atoms with Crippen LogP contribution in [0.15, 0.2) is 71.5 Å². The van der Waals surface area contributed by atoms with Gasteiger partial charge in [0.05, 0.1) is 5.69 Å².